The van der Waals surface area contributed by atoms with E-state index >= 15 is 0 Å². The number of hydrogen-bond donors (Lipinski definition) is 3. The van der Waals surface area contributed by atoms with Gasteiger partial charge in [0.25, 0.3) is 5.88 Å². The second-order valence-electron chi connectivity index (χ2n) is 8.24. The first-order valence-corrected chi connectivity index (χ1v) is 11.4. The van der Waals surface area contributed by atoms with Gasteiger partial charge in [-0.15, -0.1) is 0 Å². The fourth-order valence-corrected chi connectivity index (χ4v) is 3.81. The van der Waals surface area contributed by atoms with Gasteiger partial charge in [0.05, 0.1) is 0 Å². The number of carbonyl (C=O) groups excluding carboxylic acids is 2. The van der Waals surface area contributed by atoms with Crippen LogP contribution in [-0.2, 0) is 16.1 Å². The molecule has 0 bridgehead atoms. The molecule has 182 valence electrons. The summed E-state index contributed by atoms with van der Waals surface area (Å²) in [7, 11) is 1.54. The van der Waals surface area contributed by atoms with Crippen molar-refractivity contribution >= 4 is 28.9 Å². The van der Waals surface area contributed by atoms with Gasteiger partial charge in [-0.25, -0.2) is 4.79 Å². The Morgan fingerprint density at radius 2 is 1.91 bits per heavy atom. The molecule has 0 saturated carbocycles. The van der Waals surface area contributed by atoms with Crippen LogP contribution in [0.5, 0.6) is 5.88 Å². The largest absolute Gasteiger partial charge is 0.491 e. The van der Waals surface area contributed by atoms with Crippen LogP contribution in [0.3, 0.4) is 0 Å². The molecule has 0 radical (unpaired) electrons. The molecule has 2 amide bonds. The van der Waals surface area contributed by atoms with Crippen molar-refractivity contribution in [1.82, 2.24) is 15.3 Å². The fraction of sp³-hybridized carbons (Fsp3) is 0.269. The monoisotopic (exact) mass is 476 g/mol. The number of hydrogen-bond acceptors (Lipinski definition) is 6. The number of anilines is 1. The van der Waals surface area contributed by atoms with Crippen molar-refractivity contribution < 1.29 is 23.8 Å². The number of nitrogens with zero attached hydrogens (tertiary/aromatic N) is 2. The zero-order valence-electron chi connectivity index (χ0n) is 19.7. The molecular formula is C26H28N4O5. The third kappa shape index (κ3) is 5.63. The van der Waals surface area contributed by atoms with E-state index in [1.807, 2.05) is 67.7 Å². The number of fused-ring (bicyclic) bond motifs is 1. The van der Waals surface area contributed by atoms with Crippen LogP contribution in [0.25, 0.3) is 10.9 Å². The number of rotatable bonds is 9. The van der Waals surface area contributed by atoms with E-state index < -0.39 is 6.09 Å². The first-order chi connectivity index (χ1) is 16.9. The van der Waals surface area contributed by atoms with Crippen LogP contribution in [0, 0.1) is 0 Å². The molecule has 2 heterocycles. The lowest BCUT2D eigenvalue weighted by atomic mass is 9.98. The molecule has 3 N–H and O–H groups in total. The van der Waals surface area contributed by atoms with E-state index in [4.69, 9.17) is 9.15 Å². The highest BCUT2D eigenvalue weighted by atomic mass is 16.5. The van der Waals surface area contributed by atoms with Crippen molar-refractivity contribution in [3.05, 3.63) is 77.7 Å². The number of ether oxygens (including phenoxy) is 1. The van der Waals surface area contributed by atoms with Gasteiger partial charge in [-0.3, -0.25) is 9.69 Å². The van der Waals surface area contributed by atoms with Crippen LogP contribution >= 0.6 is 0 Å². The van der Waals surface area contributed by atoms with E-state index in [1.165, 1.54) is 11.9 Å². The Bertz CT molecular complexity index is 1300. The molecule has 0 aliphatic heterocycles. The Kier molecular flexibility index (Phi) is 7.35. The molecular weight excluding hydrogens is 448 g/mol. The maximum Gasteiger partial charge on any atom is 0.407 e. The normalized spacial score (nSPS) is 11.8. The maximum atomic E-state index is 12.6. The average molecular weight is 477 g/mol. The van der Waals surface area contributed by atoms with Crippen molar-refractivity contribution in [2.45, 2.75) is 32.3 Å². The quantitative estimate of drug-likeness (QED) is 0.302. The number of aromatic amines is 1. The third-order valence-electron chi connectivity index (χ3n) is 5.81. The third-order valence-corrected chi connectivity index (χ3v) is 5.81. The SMILES string of the molecule is C[C@@H](c1oc(N(C)C(=O)CCCNC(=O)OCc2ccccc2)nc1O)c1c[nH]c2ccccc12. The molecule has 0 spiro atoms. The first-order valence-electron chi connectivity index (χ1n) is 11.4. The zero-order valence-corrected chi connectivity index (χ0v) is 19.7. The lowest BCUT2D eigenvalue weighted by molar-refractivity contribution is -0.118. The Hall–Kier alpha value is -4.27. The molecule has 0 saturated heterocycles. The van der Waals surface area contributed by atoms with Crippen molar-refractivity contribution in [3.8, 4) is 5.88 Å². The highest BCUT2D eigenvalue weighted by Crippen LogP contribution is 2.36. The molecule has 0 fully saturated rings. The van der Waals surface area contributed by atoms with E-state index in [-0.39, 0.29) is 49.1 Å². The molecule has 35 heavy (non-hydrogen) atoms. The molecule has 2 aromatic carbocycles. The van der Waals surface area contributed by atoms with E-state index in [2.05, 4.69) is 15.3 Å². The second-order valence-corrected chi connectivity index (χ2v) is 8.24. The number of alkyl carbamates (subject to hydrolysis) is 1. The number of carbonyl (C=O) groups is 2. The number of amides is 2. The van der Waals surface area contributed by atoms with Crippen LogP contribution in [0.1, 0.15) is 42.6 Å². The van der Waals surface area contributed by atoms with Crippen molar-refractivity contribution in [2.75, 3.05) is 18.5 Å². The number of aromatic nitrogens is 2. The predicted octanol–water partition coefficient (Wildman–Crippen LogP) is 4.68. The molecule has 9 nitrogen and oxygen atoms in total. The summed E-state index contributed by atoms with van der Waals surface area (Å²) in [6.45, 7) is 2.37. The molecule has 1 atom stereocenters. The summed E-state index contributed by atoms with van der Waals surface area (Å²) >= 11 is 0. The number of para-hydroxylation sites is 1. The summed E-state index contributed by atoms with van der Waals surface area (Å²) in [5, 5.41) is 14.1. The summed E-state index contributed by atoms with van der Waals surface area (Å²) in [5.74, 6) is -0.494. The van der Waals surface area contributed by atoms with Crippen LogP contribution in [-0.4, -0.2) is 40.7 Å². The van der Waals surface area contributed by atoms with Crippen LogP contribution in [0.2, 0.25) is 0 Å². The molecule has 9 heteroatoms. The van der Waals surface area contributed by atoms with Gasteiger partial charge in [0.15, 0.2) is 5.76 Å². The Labute approximate surface area is 202 Å². The second kappa shape index (κ2) is 10.8. The van der Waals surface area contributed by atoms with Gasteiger partial charge in [0.2, 0.25) is 5.91 Å². The van der Waals surface area contributed by atoms with E-state index in [1.54, 1.807) is 0 Å². The maximum absolute atomic E-state index is 12.6. The lowest BCUT2D eigenvalue weighted by Gasteiger charge is -2.13. The van der Waals surface area contributed by atoms with Crippen LogP contribution in [0.15, 0.2) is 65.2 Å². The van der Waals surface area contributed by atoms with Gasteiger partial charge >= 0.3 is 12.1 Å². The zero-order chi connectivity index (χ0) is 24.8. The first kappa shape index (κ1) is 23.9. The van der Waals surface area contributed by atoms with Gasteiger partial charge in [-0.2, -0.15) is 4.98 Å². The molecule has 4 rings (SSSR count). The number of oxazole rings is 1. The Morgan fingerprint density at radius 3 is 2.71 bits per heavy atom. The van der Waals surface area contributed by atoms with Gasteiger partial charge in [-0.1, -0.05) is 55.5 Å². The summed E-state index contributed by atoms with van der Waals surface area (Å²) in [6, 6.07) is 17.3. The molecule has 0 aliphatic carbocycles. The summed E-state index contributed by atoms with van der Waals surface area (Å²) < 4.78 is 10.9. The highest BCUT2D eigenvalue weighted by molar-refractivity contribution is 5.90. The van der Waals surface area contributed by atoms with Crippen LogP contribution < -0.4 is 10.2 Å². The number of aromatic hydroxyl groups is 1. The van der Waals surface area contributed by atoms with Gasteiger partial charge in [-0.05, 0) is 23.6 Å². The summed E-state index contributed by atoms with van der Waals surface area (Å²) in [5.41, 5.74) is 2.84. The number of benzene rings is 2. The average Bonchev–Trinajstić information content (AvgIpc) is 3.49. The van der Waals surface area contributed by atoms with Gasteiger partial charge in [0, 0.05) is 43.0 Å². The van der Waals surface area contributed by atoms with Crippen molar-refractivity contribution in [2.24, 2.45) is 0 Å². The molecule has 2 aromatic heterocycles. The predicted molar refractivity (Wildman–Crippen MR) is 131 cm³/mol. The van der Waals surface area contributed by atoms with Crippen molar-refractivity contribution in [3.63, 3.8) is 0 Å². The summed E-state index contributed by atoms with van der Waals surface area (Å²) in [4.78, 5) is 32.9. The Balaban J connectivity index is 1.27. The minimum Gasteiger partial charge on any atom is -0.491 e. The molecule has 0 unspecified atom stereocenters. The van der Waals surface area contributed by atoms with E-state index in [9.17, 15) is 14.7 Å². The smallest absolute Gasteiger partial charge is 0.407 e. The van der Waals surface area contributed by atoms with Crippen molar-refractivity contribution in [1.29, 1.82) is 0 Å². The number of nitrogens with one attached hydrogen (secondary N) is 2. The lowest BCUT2D eigenvalue weighted by Crippen LogP contribution is -2.29. The molecule has 0 aliphatic rings. The van der Waals surface area contributed by atoms with Crippen LogP contribution in [0.4, 0.5) is 10.8 Å². The Morgan fingerprint density at radius 1 is 1.17 bits per heavy atom. The fourth-order valence-electron chi connectivity index (χ4n) is 3.81. The number of H-pyrrole nitrogens is 1. The highest BCUT2D eigenvalue weighted by Gasteiger charge is 2.25. The standard InChI is InChI=1S/C26H28N4O5/c1-17(20-15-28-21-12-7-6-11-19(20)21)23-24(32)29-25(35-23)30(2)22(31)13-8-14-27-26(33)34-16-18-9-4-3-5-10-18/h3-7,9-12,15,17,28,32H,8,13-14,16H2,1-2H3,(H,27,33)/t17-/m1/s1. The van der Waals surface area contributed by atoms with Gasteiger partial charge in [0.1, 0.15) is 6.61 Å². The minimum absolute atomic E-state index is 0.0180. The van der Waals surface area contributed by atoms with E-state index in [0.717, 1.165) is 22.0 Å². The summed E-state index contributed by atoms with van der Waals surface area (Å²) in [6.07, 6.45) is 1.91. The van der Waals surface area contributed by atoms with E-state index in [0.29, 0.717) is 6.42 Å². The molecule has 4 aromatic rings. The minimum atomic E-state index is -0.539. The van der Waals surface area contributed by atoms with Gasteiger partial charge < -0.3 is 24.6 Å². The topological polar surface area (TPSA) is 121 Å².